The van der Waals surface area contributed by atoms with E-state index in [4.69, 9.17) is 11.6 Å². The molecule has 1 aromatic heterocycles. The molecule has 4 rings (SSSR count). The SMILES string of the molecule is O=C(c1cccc(Cl)c1)N1CCS/C1=C/c1csc(NCc2ccccc2)n1. The highest BCUT2D eigenvalue weighted by molar-refractivity contribution is 8.03. The number of nitrogens with one attached hydrogen (secondary N) is 1. The standard InChI is InChI=1S/C21H18ClN3OS2/c22-17-8-4-7-16(11-17)20(26)25-9-10-27-19(25)12-18-14-28-21(24-18)23-13-15-5-2-1-3-6-15/h1-8,11-12,14H,9-10,13H2,(H,23,24)/b19-12+. The van der Waals surface area contributed by atoms with Crippen LogP contribution >= 0.6 is 34.7 Å². The van der Waals surface area contributed by atoms with E-state index in [2.05, 4.69) is 22.4 Å². The van der Waals surface area contributed by atoms with E-state index < -0.39 is 0 Å². The van der Waals surface area contributed by atoms with Crippen LogP contribution < -0.4 is 5.32 Å². The molecule has 2 heterocycles. The van der Waals surface area contributed by atoms with Crippen molar-refractivity contribution < 1.29 is 4.79 Å². The van der Waals surface area contributed by atoms with Crippen molar-refractivity contribution >= 4 is 51.8 Å². The van der Waals surface area contributed by atoms with Gasteiger partial charge in [-0.05, 0) is 29.8 Å². The van der Waals surface area contributed by atoms with Crippen LogP contribution in [0.2, 0.25) is 5.02 Å². The molecular weight excluding hydrogens is 410 g/mol. The smallest absolute Gasteiger partial charge is 0.258 e. The van der Waals surface area contributed by atoms with Gasteiger partial charge in [-0.15, -0.1) is 23.1 Å². The maximum Gasteiger partial charge on any atom is 0.258 e. The molecule has 1 saturated heterocycles. The van der Waals surface area contributed by atoms with Gasteiger partial charge in [0.25, 0.3) is 5.91 Å². The minimum absolute atomic E-state index is 0.0311. The highest BCUT2D eigenvalue weighted by atomic mass is 35.5. The summed E-state index contributed by atoms with van der Waals surface area (Å²) >= 11 is 9.26. The van der Waals surface area contributed by atoms with Crippen molar-refractivity contribution in [1.82, 2.24) is 9.88 Å². The van der Waals surface area contributed by atoms with Crippen LogP contribution in [-0.2, 0) is 6.54 Å². The number of rotatable bonds is 5. The number of hydrogen-bond acceptors (Lipinski definition) is 5. The van der Waals surface area contributed by atoms with E-state index in [1.165, 1.54) is 5.56 Å². The van der Waals surface area contributed by atoms with Crippen LogP contribution in [0.4, 0.5) is 5.13 Å². The Kier molecular flexibility index (Phi) is 6.00. The molecule has 142 valence electrons. The topological polar surface area (TPSA) is 45.2 Å². The number of carbonyl (C=O) groups is 1. The zero-order valence-corrected chi connectivity index (χ0v) is 17.4. The maximum atomic E-state index is 12.8. The third-order valence-electron chi connectivity index (χ3n) is 4.23. The molecule has 3 aromatic rings. The van der Waals surface area contributed by atoms with Crippen molar-refractivity contribution in [1.29, 1.82) is 0 Å². The Morgan fingerprint density at radius 3 is 2.89 bits per heavy atom. The first-order valence-corrected chi connectivity index (χ1v) is 11.1. The van der Waals surface area contributed by atoms with E-state index >= 15 is 0 Å². The van der Waals surface area contributed by atoms with Crippen LogP contribution in [0.5, 0.6) is 0 Å². The molecule has 0 unspecified atom stereocenters. The summed E-state index contributed by atoms with van der Waals surface area (Å²) < 4.78 is 0. The minimum Gasteiger partial charge on any atom is -0.357 e. The van der Waals surface area contributed by atoms with Gasteiger partial charge in [-0.3, -0.25) is 4.79 Å². The number of halogens is 1. The molecule has 0 saturated carbocycles. The Bertz CT molecular complexity index is 1000. The first-order valence-electron chi connectivity index (χ1n) is 8.84. The van der Waals surface area contributed by atoms with Crippen molar-refractivity contribution in [3.05, 3.63) is 86.8 Å². The lowest BCUT2D eigenvalue weighted by Crippen LogP contribution is -2.26. The fourth-order valence-electron chi connectivity index (χ4n) is 2.86. The number of carbonyl (C=O) groups excluding carboxylic acids is 1. The van der Waals surface area contributed by atoms with Gasteiger partial charge in [0.2, 0.25) is 0 Å². The zero-order chi connectivity index (χ0) is 19.3. The largest absolute Gasteiger partial charge is 0.357 e. The quantitative estimate of drug-likeness (QED) is 0.576. The van der Waals surface area contributed by atoms with Crippen LogP contribution in [0.3, 0.4) is 0 Å². The van der Waals surface area contributed by atoms with E-state index in [1.54, 1.807) is 52.3 Å². The fraction of sp³-hybridized carbons (Fsp3) is 0.143. The molecule has 1 aliphatic heterocycles. The van der Waals surface area contributed by atoms with Crippen molar-refractivity contribution in [3.8, 4) is 0 Å². The van der Waals surface area contributed by atoms with E-state index in [0.717, 1.165) is 28.2 Å². The summed E-state index contributed by atoms with van der Waals surface area (Å²) in [6.45, 7) is 1.42. The molecule has 7 heteroatoms. The summed E-state index contributed by atoms with van der Waals surface area (Å²) in [6, 6.07) is 17.3. The Hall–Kier alpha value is -2.28. The monoisotopic (exact) mass is 427 g/mol. The second kappa shape index (κ2) is 8.82. The molecule has 0 radical (unpaired) electrons. The molecule has 0 spiro atoms. The van der Waals surface area contributed by atoms with Crippen LogP contribution in [0.25, 0.3) is 6.08 Å². The predicted octanol–water partition coefficient (Wildman–Crippen LogP) is 5.60. The van der Waals surface area contributed by atoms with Gasteiger partial charge in [-0.1, -0.05) is 48.0 Å². The van der Waals surface area contributed by atoms with E-state index in [9.17, 15) is 4.79 Å². The van der Waals surface area contributed by atoms with E-state index in [1.807, 2.05) is 29.7 Å². The van der Waals surface area contributed by atoms with Gasteiger partial charge in [0, 0.05) is 34.8 Å². The molecule has 1 amide bonds. The van der Waals surface area contributed by atoms with E-state index in [0.29, 0.717) is 17.1 Å². The predicted molar refractivity (Wildman–Crippen MR) is 119 cm³/mol. The highest BCUT2D eigenvalue weighted by Crippen LogP contribution is 2.32. The number of thiazole rings is 1. The number of benzene rings is 2. The fourth-order valence-corrected chi connectivity index (χ4v) is 4.74. The number of amides is 1. The molecular formula is C21H18ClN3OS2. The molecule has 1 fully saturated rings. The number of hydrogen-bond donors (Lipinski definition) is 1. The van der Waals surface area contributed by atoms with Gasteiger partial charge in [0.15, 0.2) is 5.13 Å². The molecule has 0 atom stereocenters. The average Bonchev–Trinajstić information content (AvgIpc) is 3.36. The van der Waals surface area contributed by atoms with E-state index in [-0.39, 0.29) is 5.91 Å². The summed E-state index contributed by atoms with van der Waals surface area (Å²) in [6.07, 6.45) is 1.98. The zero-order valence-electron chi connectivity index (χ0n) is 15.0. The van der Waals surface area contributed by atoms with Crippen molar-refractivity contribution in [2.24, 2.45) is 0 Å². The molecule has 2 aromatic carbocycles. The summed E-state index contributed by atoms with van der Waals surface area (Å²) in [5, 5.41) is 7.70. The highest BCUT2D eigenvalue weighted by Gasteiger charge is 2.25. The third-order valence-corrected chi connectivity index (χ3v) is 6.30. The van der Waals surface area contributed by atoms with Crippen LogP contribution in [-0.4, -0.2) is 28.1 Å². The van der Waals surface area contributed by atoms with Gasteiger partial charge in [-0.2, -0.15) is 0 Å². The van der Waals surface area contributed by atoms with Gasteiger partial charge < -0.3 is 10.2 Å². The van der Waals surface area contributed by atoms with Gasteiger partial charge in [0.1, 0.15) is 0 Å². The van der Waals surface area contributed by atoms with Gasteiger partial charge in [-0.25, -0.2) is 4.98 Å². The number of aromatic nitrogens is 1. The Labute approximate surface area is 177 Å². The third kappa shape index (κ3) is 4.58. The van der Waals surface area contributed by atoms with Crippen LogP contribution in [0.15, 0.2) is 65.0 Å². The summed E-state index contributed by atoms with van der Waals surface area (Å²) in [7, 11) is 0. The minimum atomic E-state index is -0.0311. The lowest BCUT2D eigenvalue weighted by molar-refractivity contribution is 0.0831. The Balaban J connectivity index is 1.46. The van der Waals surface area contributed by atoms with Crippen LogP contribution in [0, 0.1) is 0 Å². The first-order chi connectivity index (χ1) is 13.7. The molecule has 0 bridgehead atoms. The van der Waals surface area contributed by atoms with Gasteiger partial charge in [0.05, 0.1) is 10.7 Å². The van der Waals surface area contributed by atoms with Crippen molar-refractivity contribution in [2.75, 3.05) is 17.6 Å². The number of nitrogens with zero attached hydrogens (tertiary/aromatic N) is 2. The lowest BCUT2D eigenvalue weighted by atomic mass is 10.2. The van der Waals surface area contributed by atoms with Crippen LogP contribution in [0.1, 0.15) is 21.6 Å². The molecule has 28 heavy (non-hydrogen) atoms. The second-order valence-corrected chi connectivity index (χ2v) is 8.62. The normalized spacial score (nSPS) is 15.2. The second-order valence-electron chi connectivity index (χ2n) is 6.21. The molecule has 0 aliphatic carbocycles. The summed E-state index contributed by atoms with van der Waals surface area (Å²) in [5.41, 5.74) is 2.67. The number of anilines is 1. The van der Waals surface area contributed by atoms with Crippen molar-refractivity contribution in [3.63, 3.8) is 0 Å². The molecule has 1 N–H and O–H groups in total. The molecule has 1 aliphatic rings. The van der Waals surface area contributed by atoms with Gasteiger partial charge >= 0.3 is 0 Å². The first kappa shape index (κ1) is 19.1. The summed E-state index contributed by atoms with van der Waals surface area (Å²) in [5.74, 6) is 0.845. The summed E-state index contributed by atoms with van der Waals surface area (Å²) in [4.78, 5) is 19.3. The van der Waals surface area contributed by atoms with Crippen molar-refractivity contribution in [2.45, 2.75) is 6.54 Å². The lowest BCUT2D eigenvalue weighted by Gasteiger charge is -2.17. The average molecular weight is 428 g/mol. The maximum absolute atomic E-state index is 12.8. The Morgan fingerprint density at radius 2 is 2.07 bits per heavy atom. The number of thioether (sulfide) groups is 1. The molecule has 4 nitrogen and oxygen atoms in total. The Morgan fingerprint density at radius 1 is 1.21 bits per heavy atom.